The lowest BCUT2D eigenvalue weighted by atomic mass is 9.89. The molecule has 6 heteroatoms. The maximum atomic E-state index is 12.5. The molecule has 3 unspecified atom stereocenters. The minimum Gasteiger partial charge on any atom is -0.206 e. The van der Waals surface area contributed by atoms with Gasteiger partial charge in [0.15, 0.2) is 0 Å². The molecule has 0 N–H and O–H groups in total. The van der Waals surface area contributed by atoms with Gasteiger partial charge in [-0.05, 0) is 54.0 Å². The van der Waals surface area contributed by atoms with E-state index in [9.17, 15) is 8.42 Å². The number of hydrogen-bond donors (Lipinski definition) is 0. The number of nitrogens with zero attached hydrogens (tertiary/aromatic N) is 1. The summed E-state index contributed by atoms with van der Waals surface area (Å²) in [6, 6.07) is 1.70. The molecule has 3 atom stereocenters. The van der Waals surface area contributed by atoms with Crippen LogP contribution < -0.4 is 0 Å². The molecule has 0 saturated heterocycles. The zero-order valence-corrected chi connectivity index (χ0v) is 14.0. The molecule has 0 amide bonds. The van der Waals surface area contributed by atoms with E-state index < -0.39 is 10.0 Å². The maximum absolute atomic E-state index is 12.5. The Hall–Kier alpha value is -0.100. The summed E-state index contributed by atoms with van der Waals surface area (Å²) >= 11 is 7.02. The lowest BCUT2D eigenvalue weighted by Gasteiger charge is -2.26. The number of alkyl halides is 1. The van der Waals surface area contributed by atoms with Gasteiger partial charge in [0.05, 0.1) is 0 Å². The van der Waals surface area contributed by atoms with Gasteiger partial charge in [0, 0.05) is 19.5 Å². The van der Waals surface area contributed by atoms with Crippen LogP contribution in [-0.4, -0.2) is 26.3 Å². The number of thiophene rings is 1. The van der Waals surface area contributed by atoms with E-state index in [1.807, 2.05) is 5.38 Å². The van der Waals surface area contributed by atoms with Gasteiger partial charge in [-0.1, -0.05) is 6.42 Å². The third-order valence-electron chi connectivity index (χ3n) is 4.82. The van der Waals surface area contributed by atoms with Gasteiger partial charge in [0.1, 0.15) is 4.21 Å². The van der Waals surface area contributed by atoms with Crippen molar-refractivity contribution < 1.29 is 8.42 Å². The Bertz CT molecular complexity index is 584. The molecule has 3 rings (SSSR count). The number of fused-ring (bicyclic) bond motifs is 2. The topological polar surface area (TPSA) is 37.4 Å². The van der Waals surface area contributed by atoms with E-state index in [1.165, 1.54) is 37.0 Å². The lowest BCUT2D eigenvalue weighted by molar-refractivity contribution is 0.280. The van der Waals surface area contributed by atoms with Crippen LogP contribution >= 0.6 is 22.9 Å². The van der Waals surface area contributed by atoms with E-state index in [4.69, 9.17) is 11.6 Å². The summed E-state index contributed by atoms with van der Waals surface area (Å²) in [5.41, 5.74) is 0.878. The second-order valence-corrected chi connectivity index (χ2v) is 9.58. The van der Waals surface area contributed by atoms with Gasteiger partial charge >= 0.3 is 0 Å². The zero-order chi connectivity index (χ0) is 14.3. The summed E-state index contributed by atoms with van der Waals surface area (Å²) in [4.78, 5) is 0. The first-order valence-electron chi connectivity index (χ1n) is 7.10. The summed E-state index contributed by atoms with van der Waals surface area (Å²) in [7, 11) is -1.63. The fourth-order valence-electron chi connectivity index (χ4n) is 3.74. The monoisotopic (exact) mass is 333 g/mol. The normalized spacial score (nSPS) is 29.4. The minimum absolute atomic E-state index is 0.363. The Balaban J connectivity index is 1.70. The Morgan fingerprint density at radius 3 is 2.75 bits per heavy atom. The van der Waals surface area contributed by atoms with Crippen LogP contribution in [0, 0.1) is 17.8 Å². The van der Waals surface area contributed by atoms with E-state index in [2.05, 4.69) is 0 Å². The van der Waals surface area contributed by atoms with Gasteiger partial charge in [-0.15, -0.1) is 22.9 Å². The molecule has 112 valence electrons. The molecule has 1 aromatic heterocycles. The van der Waals surface area contributed by atoms with Crippen LogP contribution in [0.4, 0.5) is 0 Å². The van der Waals surface area contributed by atoms with Gasteiger partial charge in [-0.2, -0.15) is 4.31 Å². The Kier molecular flexibility index (Phi) is 4.15. The van der Waals surface area contributed by atoms with Crippen molar-refractivity contribution in [3.63, 3.8) is 0 Å². The van der Waals surface area contributed by atoms with Crippen molar-refractivity contribution in [3.8, 4) is 0 Å². The fraction of sp³-hybridized carbons (Fsp3) is 0.714. The summed E-state index contributed by atoms with van der Waals surface area (Å²) in [6.45, 7) is 0.664. The molecule has 0 radical (unpaired) electrons. The van der Waals surface area contributed by atoms with E-state index in [0.717, 1.165) is 17.4 Å². The highest BCUT2D eigenvalue weighted by molar-refractivity contribution is 7.91. The van der Waals surface area contributed by atoms with Crippen molar-refractivity contribution >= 4 is 33.0 Å². The van der Waals surface area contributed by atoms with E-state index in [0.29, 0.717) is 22.6 Å². The molecule has 20 heavy (non-hydrogen) atoms. The smallest absolute Gasteiger partial charge is 0.206 e. The van der Waals surface area contributed by atoms with Crippen molar-refractivity contribution in [1.29, 1.82) is 0 Å². The minimum atomic E-state index is -3.34. The molecule has 3 nitrogen and oxygen atoms in total. The van der Waals surface area contributed by atoms with Gasteiger partial charge in [-0.3, -0.25) is 0 Å². The maximum Gasteiger partial charge on any atom is 0.252 e. The summed E-state index contributed by atoms with van der Waals surface area (Å²) in [5.74, 6) is 2.52. The molecule has 0 aromatic carbocycles. The highest BCUT2D eigenvalue weighted by Crippen LogP contribution is 2.48. The van der Waals surface area contributed by atoms with E-state index in [1.54, 1.807) is 17.4 Å². The van der Waals surface area contributed by atoms with Crippen LogP contribution in [0.15, 0.2) is 15.7 Å². The molecule has 2 aliphatic carbocycles. The summed E-state index contributed by atoms with van der Waals surface area (Å²) in [6.07, 6.45) is 5.16. The van der Waals surface area contributed by atoms with Crippen molar-refractivity contribution in [2.75, 3.05) is 13.6 Å². The second-order valence-electron chi connectivity index (χ2n) is 6.13. The highest BCUT2D eigenvalue weighted by Gasteiger charge is 2.41. The number of hydrogen-bond acceptors (Lipinski definition) is 3. The average Bonchev–Trinajstić information content (AvgIpc) is 3.14. The molecule has 1 aromatic rings. The summed E-state index contributed by atoms with van der Waals surface area (Å²) in [5, 5.41) is 1.82. The van der Waals surface area contributed by atoms with Crippen LogP contribution in [-0.2, 0) is 15.9 Å². The first-order valence-corrected chi connectivity index (χ1v) is 9.96. The third kappa shape index (κ3) is 2.65. The lowest BCUT2D eigenvalue weighted by Crippen LogP contribution is -2.33. The molecule has 2 aliphatic rings. The number of sulfonamides is 1. The highest BCUT2D eigenvalue weighted by atomic mass is 35.5. The molecular weight excluding hydrogens is 314 g/mol. The Morgan fingerprint density at radius 1 is 1.40 bits per heavy atom. The number of rotatable bonds is 5. The summed E-state index contributed by atoms with van der Waals surface area (Å²) < 4.78 is 27.1. The molecular formula is C14H20ClNO2S2. The van der Waals surface area contributed by atoms with Gasteiger partial charge < -0.3 is 0 Å². The van der Waals surface area contributed by atoms with E-state index >= 15 is 0 Å². The quantitative estimate of drug-likeness (QED) is 0.773. The standard InChI is InChI=1S/C14H20ClNO2S2/c1-16(8-13-5-10-2-3-12(13)4-10)20(17,18)14-6-11(7-15)9-19-14/h6,9-10,12-13H,2-5,7-8H2,1H3. The van der Waals surface area contributed by atoms with Gasteiger partial charge in [0.25, 0.3) is 10.0 Å². The van der Waals surface area contributed by atoms with Crippen molar-refractivity contribution in [1.82, 2.24) is 4.31 Å². The SMILES string of the molecule is CN(CC1CC2CCC1C2)S(=O)(=O)c1cc(CCl)cs1. The molecule has 2 bridgehead atoms. The molecule has 2 saturated carbocycles. The Morgan fingerprint density at radius 2 is 2.20 bits per heavy atom. The predicted octanol–water partition coefficient (Wildman–Crippen LogP) is 3.54. The Labute approximate surface area is 130 Å². The van der Waals surface area contributed by atoms with E-state index in [-0.39, 0.29) is 0 Å². The van der Waals surface area contributed by atoms with Crippen LogP contribution in [0.25, 0.3) is 0 Å². The number of halogens is 1. The van der Waals surface area contributed by atoms with Gasteiger partial charge in [0.2, 0.25) is 0 Å². The molecule has 1 heterocycles. The molecule has 2 fully saturated rings. The van der Waals surface area contributed by atoms with Crippen molar-refractivity contribution in [2.24, 2.45) is 17.8 Å². The first-order chi connectivity index (χ1) is 9.50. The van der Waals surface area contributed by atoms with Crippen LogP contribution in [0.1, 0.15) is 31.2 Å². The molecule has 0 aliphatic heterocycles. The van der Waals surface area contributed by atoms with Crippen LogP contribution in [0.3, 0.4) is 0 Å². The third-order valence-corrected chi connectivity index (χ3v) is 8.42. The largest absolute Gasteiger partial charge is 0.252 e. The van der Waals surface area contributed by atoms with Crippen LogP contribution in [0.2, 0.25) is 0 Å². The van der Waals surface area contributed by atoms with Crippen molar-refractivity contribution in [3.05, 3.63) is 17.0 Å². The molecule has 0 spiro atoms. The second kappa shape index (κ2) is 5.59. The van der Waals surface area contributed by atoms with Crippen LogP contribution in [0.5, 0.6) is 0 Å². The first kappa shape index (κ1) is 14.8. The zero-order valence-electron chi connectivity index (χ0n) is 11.6. The van der Waals surface area contributed by atoms with Crippen molar-refractivity contribution in [2.45, 2.75) is 35.8 Å². The van der Waals surface area contributed by atoms with Gasteiger partial charge in [-0.25, -0.2) is 8.42 Å². The fourth-order valence-corrected chi connectivity index (χ4v) is 6.63. The predicted molar refractivity (Wildman–Crippen MR) is 82.6 cm³/mol. The average molecular weight is 334 g/mol.